The number of hydrogen-bond acceptors (Lipinski definition) is 1. The number of hydrogen-bond donors (Lipinski definition) is 1. The Morgan fingerprint density at radius 2 is 2.06 bits per heavy atom. The van der Waals surface area contributed by atoms with Gasteiger partial charge >= 0.3 is 0 Å². The Bertz CT molecular complexity index is 441. The molecule has 2 nitrogen and oxygen atoms in total. The van der Waals surface area contributed by atoms with Crippen LogP contribution in [0.25, 0.3) is 0 Å². The van der Waals surface area contributed by atoms with Crippen molar-refractivity contribution in [2.24, 2.45) is 0 Å². The van der Waals surface area contributed by atoms with Crippen LogP contribution in [0.3, 0.4) is 0 Å². The van der Waals surface area contributed by atoms with Crippen molar-refractivity contribution in [3.8, 4) is 0 Å². The van der Waals surface area contributed by atoms with Crippen molar-refractivity contribution in [3.05, 3.63) is 34.1 Å². The third kappa shape index (κ3) is 2.78. The molecule has 17 heavy (non-hydrogen) atoms. The van der Waals surface area contributed by atoms with E-state index in [-0.39, 0.29) is 22.8 Å². The highest BCUT2D eigenvalue weighted by Crippen LogP contribution is 2.22. The monoisotopic (exact) mass is 255 g/mol. The van der Waals surface area contributed by atoms with Crippen molar-refractivity contribution in [1.29, 1.82) is 0 Å². The fourth-order valence-corrected chi connectivity index (χ4v) is 2.40. The second-order valence-corrected chi connectivity index (χ2v) is 4.94. The SMILES string of the molecule is Cc1cc(C(=O)NC2CCCC2)c(Cl)cc1F. The molecule has 1 saturated carbocycles. The van der Waals surface area contributed by atoms with E-state index in [2.05, 4.69) is 5.32 Å². The third-order valence-electron chi connectivity index (χ3n) is 3.18. The Morgan fingerprint density at radius 3 is 2.71 bits per heavy atom. The number of amides is 1. The average Bonchev–Trinajstić information content (AvgIpc) is 2.76. The van der Waals surface area contributed by atoms with E-state index < -0.39 is 0 Å². The molecular weight excluding hydrogens is 241 g/mol. The molecule has 0 heterocycles. The molecule has 1 aromatic carbocycles. The minimum Gasteiger partial charge on any atom is -0.349 e. The number of benzene rings is 1. The first-order valence-corrected chi connectivity index (χ1v) is 6.22. The molecule has 2 rings (SSSR count). The van der Waals surface area contributed by atoms with E-state index in [0.29, 0.717) is 11.1 Å². The standard InChI is InChI=1S/C13H15ClFNO/c1-8-6-10(11(14)7-12(8)15)13(17)16-9-4-2-3-5-9/h6-7,9H,2-5H2,1H3,(H,16,17). The summed E-state index contributed by atoms with van der Waals surface area (Å²) in [7, 11) is 0. The molecule has 1 amide bonds. The molecule has 0 aromatic heterocycles. The largest absolute Gasteiger partial charge is 0.349 e. The molecule has 0 spiro atoms. The summed E-state index contributed by atoms with van der Waals surface area (Å²) in [5, 5.41) is 3.11. The Morgan fingerprint density at radius 1 is 1.41 bits per heavy atom. The Labute approximate surface area is 105 Å². The molecule has 0 saturated heterocycles. The number of halogens is 2. The first-order chi connectivity index (χ1) is 8.08. The first kappa shape index (κ1) is 12.4. The molecule has 1 aromatic rings. The molecular formula is C13H15ClFNO. The fourth-order valence-electron chi connectivity index (χ4n) is 2.16. The van der Waals surface area contributed by atoms with E-state index in [9.17, 15) is 9.18 Å². The molecule has 0 bridgehead atoms. The highest BCUT2D eigenvalue weighted by atomic mass is 35.5. The van der Waals surface area contributed by atoms with Crippen molar-refractivity contribution in [3.63, 3.8) is 0 Å². The van der Waals surface area contributed by atoms with Crippen molar-refractivity contribution in [2.45, 2.75) is 38.6 Å². The zero-order valence-electron chi connectivity index (χ0n) is 9.72. The lowest BCUT2D eigenvalue weighted by molar-refractivity contribution is 0.0938. The molecule has 0 aliphatic heterocycles. The van der Waals surface area contributed by atoms with E-state index in [1.807, 2.05) is 0 Å². The van der Waals surface area contributed by atoms with Gasteiger partial charge in [0.05, 0.1) is 10.6 Å². The van der Waals surface area contributed by atoms with Crippen LogP contribution in [-0.2, 0) is 0 Å². The van der Waals surface area contributed by atoms with E-state index in [1.54, 1.807) is 6.92 Å². The summed E-state index contributed by atoms with van der Waals surface area (Å²) in [6.07, 6.45) is 4.34. The van der Waals surface area contributed by atoms with Gasteiger partial charge in [0, 0.05) is 6.04 Å². The number of carbonyl (C=O) groups is 1. The smallest absolute Gasteiger partial charge is 0.253 e. The van der Waals surface area contributed by atoms with Crippen molar-refractivity contribution >= 4 is 17.5 Å². The van der Waals surface area contributed by atoms with Crippen LogP contribution < -0.4 is 5.32 Å². The maximum atomic E-state index is 13.2. The second-order valence-electron chi connectivity index (χ2n) is 4.54. The quantitative estimate of drug-likeness (QED) is 0.862. The second kappa shape index (κ2) is 5.05. The molecule has 0 radical (unpaired) electrons. The number of carbonyl (C=O) groups excluding carboxylic acids is 1. The number of rotatable bonds is 2. The lowest BCUT2D eigenvalue weighted by Crippen LogP contribution is -2.32. The van der Waals surface area contributed by atoms with Gasteiger partial charge in [-0.1, -0.05) is 24.4 Å². The van der Waals surface area contributed by atoms with Gasteiger partial charge in [0.15, 0.2) is 0 Å². The summed E-state index contributed by atoms with van der Waals surface area (Å²) in [5.74, 6) is -0.586. The Balaban J connectivity index is 2.15. The molecule has 1 aliphatic carbocycles. The van der Waals surface area contributed by atoms with E-state index in [4.69, 9.17) is 11.6 Å². The van der Waals surface area contributed by atoms with E-state index in [0.717, 1.165) is 25.7 Å². The van der Waals surface area contributed by atoms with E-state index in [1.165, 1.54) is 12.1 Å². The van der Waals surface area contributed by atoms with Crippen LogP contribution in [0.15, 0.2) is 12.1 Å². The predicted octanol–water partition coefficient (Wildman–Crippen LogP) is 3.46. The van der Waals surface area contributed by atoms with Gasteiger partial charge in [0.2, 0.25) is 0 Å². The van der Waals surface area contributed by atoms with Gasteiger partial charge in [-0.25, -0.2) is 4.39 Å². The maximum absolute atomic E-state index is 13.2. The Kier molecular flexibility index (Phi) is 3.67. The van der Waals surface area contributed by atoms with Gasteiger partial charge in [-0.15, -0.1) is 0 Å². The average molecular weight is 256 g/mol. The summed E-state index contributed by atoms with van der Waals surface area (Å²) < 4.78 is 13.2. The maximum Gasteiger partial charge on any atom is 0.253 e. The zero-order chi connectivity index (χ0) is 12.4. The van der Waals surface area contributed by atoms with Crippen LogP contribution in [0.4, 0.5) is 4.39 Å². The number of aryl methyl sites for hydroxylation is 1. The fraction of sp³-hybridized carbons (Fsp3) is 0.462. The topological polar surface area (TPSA) is 29.1 Å². The summed E-state index contributed by atoms with van der Waals surface area (Å²) in [6.45, 7) is 1.62. The predicted molar refractivity (Wildman–Crippen MR) is 65.9 cm³/mol. The molecule has 1 fully saturated rings. The summed E-state index contributed by atoms with van der Waals surface area (Å²) in [4.78, 5) is 12.0. The lowest BCUT2D eigenvalue weighted by atomic mass is 10.1. The van der Waals surface area contributed by atoms with Crippen LogP contribution in [-0.4, -0.2) is 11.9 Å². The number of nitrogens with one attached hydrogen (secondary N) is 1. The summed E-state index contributed by atoms with van der Waals surface area (Å²) in [6, 6.07) is 2.94. The van der Waals surface area contributed by atoms with Crippen molar-refractivity contribution in [1.82, 2.24) is 5.32 Å². The molecule has 4 heteroatoms. The van der Waals surface area contributed by atoms with E-state index >= 15 is 0 Å². The van der Waals surface area contributed by atoms with Gasteiger partial charge < -0.3 is 5.32 Å². The van der Waals surface area contributed by atoms with Gasteiger partial charge in [0.25, 0.3) is 5.91 Å². The highest BCUT2D eigenvalue weighted by molar-refractivity contribution is 6.33. The van der Waals surface area contributed by atoms with Crippen LogP contribution in [0.2, 0.25) is 5.02 Å². The first-order valence-electron chi connectivity index (χ1n) is 5.84. The van der Waals surface area contributed by atoms with Gasteiger partial charge in [0.1, 0.15) is 5.82 Å². The highest BCUT2D eigenvalue weighted by Gasteiger charge is 2.20. The minimum atomic E-state index is -0.382. The van der Waals surface area contributed by atoms with Crippen molar-refractivity contribution < 1.29 is 9.18 Å². The van der Waals surface area contributed by atoms with Crippen LogP contribution in [0.5, 0.6) is 0 Å². The van der Waals surface area contributed by atoms with Crippen molar-refractivity contribution in [2.75, 3.05) is 0 Å². The van der Waals surface area contributed by atoms with Gasteiger partial charge in [-0.05, 0) is 37.5 Å². The van der Waals surface area contributed by atoms with Gasteiger partial charge in [-0.3, -0.25) is 4.79 Å². The normalized spacial score (nSPS) is 16.2. The van der Waals surface area contributed by atoms with Crippen LogP contribution in [0.1, 0.15) is 41.6 Å². The summed E-state index contributed by atoms with van der Waals surface area (Å²) >= 11 is 5.88. The minimum absolute atomic E-state index is 0.170. The lowest BCUT2D eigenvalue weighted by Gasteiger charge is -2.13. The summed E-state index contributed by atoms with van der Waals surface area (Å²) in [5.41, 5.74) is 0.795. The van der Waals surface area contributed by atoms with Gasteiger partial charge in [-0.2, -0.15) is 0 Å². The molecule has 0 unspecified atom stereocenters. The molecule has 92 valence electrons. The third-order valence-corrected chi connectivity index (χ3v) is 3.50. The molecule has 1 aliphatic rings. The Hall–Kier alpha value is -1.09. The molecule has 1 N–H and O–H groups in total. The van der Waals surface area contributed by atoms with Crippen LogP contribution in [0, 0.1) is 12.7 Å². The van der Waals surface area contributed by atoms with Crippen LogP contribution >= 0.6 is 11.6 Å². The zero-order valence-corrected chi connectivity index (χ0v) is 10.5. The molecule has 0 atom stereocenters.